The van der Waals surface area contributed by atoms with E-state index >= 15 is 0 Å². The molecule has 3 aliphatic heterocycles. The number of imide groups is 1. The lowest BCUT2D eigenvalue weighted by Gasteiger charge is -2.35. The molecule has 59 heavy (non-hydrogen) atoms. The Labute approximate surface area is 337 Å². The van der Waals surface area contributed by atoms with Crippen LogP contribution in [0, 0.1) is 5.92 Å². The Balaban J connectivity index is 0.000000768. The standard InChI is InChI=1S/C39H47N7O6.C2HF3O2/c1-44-22-30(29-21-40-43-37(29)39(44)50)27-19-33(51-2)31(34(20-27)52-3)23-45-14-10-24(11-15-45)18-36(48)46-16-12-26(13-17-46)25-4-6-28(7-5-25)41-32-8-9-35(47)42-38(32)49;3-2(4,5)1(6)7/h4-7,19-22,24,26,32,41H,8-18,23H2,1-3H3,(H,40,43)(H,42,47,49);(H,6,7). The highest BCUT2D eigenvalue weighted by Gasteiger charge is 2.38. The van der Waals surface area contributed by atoms with Crippen molar-refractivity contribution in [1.82, 2.24) is 29.9 Å². The molecule has 4 aromatic rings. The van der Waals surface area contributed by atoms with Crippen LogP contribution < -0.4 is 25.7 Å². The van der Waals surface area contributed by atoms with E-state index in [9.17, 15) is 32.3 Å². The van der Waals surface area contributed by atoms with E-state index in [1.165, 1.54) is 5.56 Å². The van der Waals surface area contributed by atoms with E-state index in [1.807, 2.05) is 35.4 Å². The first-order valence-electron chi connectivity index (χ1n) is 19.4. The van der Waals surface area contributed by atoms with Gasteiger partial charge >= 0.3 is 12.1 Å². The summed E-state index contributed by atoms with van der Waals surface area (Å²) >= 11 is 0. The Morgan fingerprint density at radius 1 is 0.949 bits per heavy atom. The molecular weight excluding hydrogens is 775 g/mol. The molecule has 2 aromatic carbocycles. The number of halogens is 3. The van der Waals surface area contributed by atoms with Crippen LogP contribution in [-0.2, 0) is 32.8 Å². The summed E-state index contributed by atoms with van der Waals surface area (Å²) in [5, 5.41) is 20.4. The Morgan fingerprint density at radius 3 is 2.15 bits per heavy atom. The average molecular weight is 824 g/mol. The number of carbonyl (C=O) groups is 4. The normalized spacial score (nSPS) is 18.2. The van der Waals surface area contributed by atoms with Crippen LogP contribution in [0.2, 0.25) is 0 Å². The molecule has 316 valence electrons. The smallest absolute Gasteiger partial charge is 0.490 e. The van der Waals surface area contributed by atoms with Crippen molar-refractivity contribution < 1.29 is 46.9 Å². The maximum Gasteiger partial charge on any atom is 0.490 e. The summed E-state index contributed by atoms with van der Waals surface area (Å²) < 4.78 is 45.0. The van der Waals surface area contributed by atoms with Crippen molar-refractivity contribution in [2.24, 2.45) is 13.0 Å². The highest BCUT2D eigenvalue weighted by atomic mass is 19.4. The van der Waals surface area contributed by atoms with Crippen LogP contribution in [0.4, 0.5) is 18.9 Å². The van der Waals surface area contributed by atoms with Gasteiger partial charge in [-0.05, 0) is 92.4 Å². The lowest BCUT2D eigenvalue weighted by atomic mass is 9.88. The van der Waals surface area contributed by atoms with Crippen LogP contribution in [0.25, 0.3) is 22.0 Å². The van der Waals surface area contributed by atoms with Gasteiger partial charge < -0.3 is 29.4 Å². The van der Waals surface area contributed by atoms with Gasteiger partial charge in [-0.1, -0.05) is 12.1 Å². The van der Waals surface area contributed by atoms with E-state index in [4.69, 9.17) is 19.4 Å². The molecule has 5 heterocycles. The fourth-order valence-corrected chi connectivity index (χ4v) is 7.97. The van der Waals surface area contributed by atoms with Gasteiger partial charge in [0.2, 0.25) is 17.7 Å². The van der Waals surface area contributed by atoms with Crippen LogP contribution in [0.3, 0.4) is 0 Å². The number of carboxylic acids is 1. The molecule has 0 bridgehead atoms. The number of benzene rings is 2. The number of methoxy groups -OCH3 is 2. The first-order chi connectivity index (χ1) is 28.1. The molecule has 3 amide bonds. The summed E-state index contributed by atoms with van der Waals surface area (Å²) in [7, 11) is 5.05. The zero-order chi connectivity index (χ0) is 42.4. The SMILES string of the molecule is COc1cc(-c2cn(C)c(=O)c3[nH]ncc23)cc(OC)c1CN1CCC(CC(=O)N2CCC(c3ccc(NC4CCC(=O)NC4=O)cc3)CC2)CC1.O=C(O)C(F)(F)F. The number of likely N-dealkylation sites (tertiary alicyclic amines) is 2. The molecule has 18 heteroatoms. The number of carbonyl (C=O) groups excluding carboxylic acids is 3. The van der Waals surface area contributed by atoms with Gasteiger partial charge in [0, 0.05) is 62.4 Å². The van der Waals surface area contributed by atoms with Crippen molar-refractivity contribution in [3.63, 3.8) is 0 Å². The van der Waals surface area contributed by atoms with Gasteiger partial charge in [-0.2, -0.15) is 18.3 Å². The van der Waals surface area contributed by atoms with E-state index in [-0.39, 0.29) is 23.3 Å². The largest absolute Gasteiger partial charge is 0.496 e. The highest BCUT2D eigenvalue weighted by Crippen LogP contribution is 2.38. The minimum Gasteiger partial charge on any atom is -0.496 e. The third kappa shape index (κ3) is 10.2. The van der Waals surface area contributed by atoms with Gasteiger partial charge in [0.05, 0.1) is 26.0 Å². The lowest BCUT2D eigenvalue weighted by Crippen LogP contribution is -2.47. The second-order valence-corrected chi connectivity index (χ2v) is 15.1. The predicted octanol–water partition coefficient (Wildman–Crippen LogP) is 4.80. The molecule has 15 nitrogen and oxygen atoms in total. The molecule has 0 aliphatic carbocycles. The molecular formula is C41H48F3N7O8. The summed E-state index contributed by atoms with van der Waals surface area (Å²) in [5.74, 6) is -0.794. The van der Waals surface area contributed by atoms with Gasteiger partial charge in [-0.3, -0.25) is 34.5 Å². The zero-order valence-electron chi connectivity index (χ0n) is 33.1. The maximum absolute atomic E-state index is 13.4. The molecule has 0 spiro atoms. The van der Waals surface area contributed by atoms with Crippen molar-refractivity contribution in [2.75, 3.05) is 45.7 Å². The predicted molar refractivity (Wildman–Crippen MR) is 211 cm³/mol. The number of aryl methyl sites for hydroxylation is 1. The third-order valence-electron chi connectivity index (χ3n) is 11.3. The summed E-state index contributed by atoms with van der Waals surface area (Å²) in [4.78, 5) is 62.8. The summed E-state index contributed by atoms with van der Waals surface area (Å²) in [6, 6.07) is 11.8. The molecule has 7 rings (SSSR count). The fourth-order valence-electron chi connectivity index (χ4n) is 7.97. The van der Waals surface area contributed by atoms with Gasteiger partial charge in [0.15, 0.2) is 0 Å². The van der Waals surface area contributed by atoms with Crippen molar-refractivity contribution >= 4 is 40.3 Å². The summed E-state index contributed by atoms with van der Waals surface area (Å²) in [5.41, 5.74) is 5.14. The van der Waals surface area contributed by atoms with E-state index in [0.717, 1.165) is 91.1 Å². The monoisotopic (exact) mass is 823 g/mol. The molecule has 4 N–H and O–H groups in total. The van der Waals surface area contributed by atoms with Crippen LogP contribution in [-0.4, -0.2) is 106 Å². The number of hydrogen-bond acceptors (Lipinski definition) is 10. The zero-order valence-corrected chi connectivity index (χ0v) is 33.1. The minimum absolute atomic E-state index is 0.135. The van der Waals surface area contributed by atoms with E-state index in [1.54, 1.807) is 32.0 Å². The van der Waals surface area contributed by atoms with Crippen LogP contribution in [0.1, 0.15) is 62.0 Å². The first kappa shape index (κ1) is 42.7. The average Bonchev–Trinajstić information content (AvgIpc) is 3.72. The van der Waals surface area contributed by atoms with Crippen molar-refractivity contribution in [2.45, 2.75) is 69.6 Å². The number of aromatic amines is 1. The first-order valence-corrected chi connectivity index (χ1v) is 19.4. The summed E-state index contributed by atoms with van der Waals surface area (Å²) in [6.07, 6.45) is 3.61. The molecule has 0 saturated carbocycles. The second-order valence-electron chi connectivity index (χ2n) is 15.1. The highest BCUT2D eigenvalue weighted by molar-refractivity contribution is 6.01. The number of H-pyrrole nitrogens is 1. The van der Waals surface area contributed by atoms with Gasteiger partial charge in [0.1, 0.15) is 23.1 Å². The molecule has 3 fully saturated rings. The number of aliphatic carboxylic acids is 1. The number of alkyl halides is 3. The molecule has 1 atom stereocenters. The number of ether oxygens (including phenoxy) is 2. The number of pyridine rings is 1. The van der Waals surface area contributed by atoms with E-state index in [2.05, 4.69) is 37.9 Å². The number of fused-ring (bicyclic) bond motifs is 1. The molecule has 0 radical (unpaired) electrons. The van der Waals surface area contributed by atoms with Crippen molar-refractivity contribution in [3.05, 3.63) is 70.3 Å². The second kappa shape index (κ2) is 18.3. The minimum atomic E-state index is -5.08. The number of piperidine rings is 3. The lowest BCUT2D eigenvalue weighted by molar-refractivity contribution is -0.192. The maximum atomic E-state index is 13.4. The Kier molecular flexibility index (Phi) is 13.3. The molecule has 3 saturated heterocycles. The quantitative estimate of drug-likeness (QED) is 0.161. The number of aromatic nitrogens is 3. The number of anilines is 1. The number of carboxylic acid groups (broad SMARTS) is 1. The molecule has 1 unspecified atom stereocenters. The third-order valence-corrected chi connectivity index (χ3v) is 11.3. The molecule has 3 aliphatic rings. The van der Waals surface area contributed by atoms with Gasteiger partial charge in [-0.25, -0.2) is 4.79 Å². The number of amides is 3. The Hall–Kier alpha value is -5.91. The fraction of sp³-hybridized carbons (Fsp3) is 0.463. The molecule has 2 aromatic heterocycles. The van der Waals surface area contributed by atoms with Crippen molar-refractivity contribution in [3.8, 4) is 22.6 Å². The van der Waals surface area contributed by atoms with Crippen LogP contribution in [0.15, 0.2) is 53.6 Å². The number of nitrogens with zero attached hydrogens (tertiary/aromatic N) is 4. The van der Waals surface area contributed by atoms with Crippen molar-refractivity contribution in [1.29, 1.82) is 0 Å². The van der Waals surface area contributed by atoms with Gasteiger partial charge in [-0.15, -0.1) is 0 Å². The number of hydrogen-bond donors (Lipinski definition) is 4. The van der Waals surface area contributed by atoms with E-state index in [0.29, 0.717) is 43.2 Å². The number of rotatable bonds is 10. The van der Waals surface area contributed by atoms with Crippen LogP contribution in [0.5, 0.6) is 11.5 Å². The topological polar surface area (TPSA) is 188 Å². The summed E-state index contributed by atoms with van der Waals surface area (Å²) in [6.45, 7) is 3.97. The number of nitrogens with one attached hydrogen (secondary N) is 3. The Bertz CT molecular complexity index is 2200. The van der Waals surface area contributed by atoms with Gasteiger partial charge in [0.25, 0.3) is 5.56 Å². The Morgan fingerprint density at radius 2 is 1.58 bits per heavy atom. The van der Waals surface area contributed by atoms with E-state index < -0.39 is 18.2 Å². The van der Waals surface area contributed by atoms with Crippen LogP contribution >= 0.6 is 0 Å².